The van der Waals surface area contributed by atoms with Crippen LogP contribution in [0.15, 0.2) is 41.5 Å². The van der Waals surface area contributed by atoms with Gasteiger partial charge < -0.3 is 29.2 Å². The normalized spacial score (nSPS) is 12.4. The molecule has 3 aromatic rings. The van der Waals surface area contributed by atoms with Gasteiger partial charge in [0.15, 0.2) is 0 Å². The molecule has 10 nitrogen and oxygen atoms in total. The number of alkyl halides is 1. The first-order chi connectivity index (χ1) is 24.1. The molecule has 0 saturated heterocycles. The number of halogens is 1. The smallest absolute Gasteiger partial charge is 0.258 e. The number of benzene rings is 1. The minimum Gasteiger partial charge on any atom is -0.381 e. The topological polar surface area (TPSA) is 116 Å². The third-order valence-electron chi connectivity index (χ3n) is 8.74. The van der Waals surface area contributed by atoms with Crippen molar-refractivity contribution in [2.24, 2.45) is 0 Å². The van der Waals surface area contributed by atoms with Crippen molar-refractivity contribution in [3.8, 4) is 11.3 Å². The van der Waals surface area contributed by atoms with Crippen molar-refractivity contribution < 1.29 is 19.1 Å². The molecule has 3 rings (SSSR count). The van der Waals surface area contributed by atoms with Crippen molar-refractivity contribution in [1.29, 1.82) is 0 Å². The van der Waals surface area contributed by atoms with Gasteiger partial charge in [-0.1, -0.05) is 45.5 Å². The maximum atomic E-state index is 13.4. The van der Waals surface area contributed by atoms with Gasteiger partial charge in [0, 0.05) is 76.5 Å². The third kappa shape index (κ3) is 14.4. The molecular formula is C38H60ClN5O5Si. The Morgan fingerprint density at radius 3 is 2.46 bits per heavy atom. The van der Waals surface area contributed by atoms with Gasteiger partial charge in [0.05, 0.1) is 18.3 Å². The number of nitrogens with one attached hydrogen (secondary N) is 2. The molecule has 0 saturated carbocycles. The fourth-order valence-electron chi connectivity index (χ4n) is 5.70. The number of ether oxygens (including phenoxy) is 2. The second-order valence-corrected chi connectivity index (χ2v) is 20.3. The molecule has 2 N–H and O–H groups in total. The molecular weight excluding hydrogens is 670 g/mol. The van der Waals surface area contributed by atoms with Crippen molar-refractivity contribution in [1.82, 2.24) is 24.8 Å². The number of ketones is 1. The summed E-state index contributed by atoms with van der Waals surface area (Å²) < 4.78 is 15.6. The second-order valence-electron chi connectivity index (χ2n) is 14.3. The van der Waals surface area contributed by atoms with E-state index in [1.807, 2.05) is 48.1 Å². The van der Waals surface area contributed by atoms with Crippen LogP contribution in [-0.4, -0.2) is 73.2 Å². The van der Waals surface area contributed by atoms with Crippen molar-refractivity contribution in [2.45, 2.75) is 116 Å². The van der Waals surface area contributed by atoms with Crippen LogP contribution < -0.4 is 16.2 Å². The van der Waals surface area contributed by atoms with Crippen LogP contribution in [0.4, 0.5) is 0 Å². The van der Waals surface area contributed by atoms with E-state index in [9.17, 15) is 14.4 Å². The van der Waals surface area contributed by atoms with Crippen LogP contribution in [0.25, 0.3) is 22.0 Å². The van der Waals surface area contributed by atoms with Crippen LogP contribution in [0.1, 0.15) is 83.0 Å². The zero-order chi connectivity index (χ0) is 36.4. The number of fused-ring (bicyclic) bond motifs is 1. The van der Waals surface area contributed by atoms with E-state index in [-0.39, 0.29) is 29.8 Å². The van der Waals surface area contributed by atoms with Crippen molar-refractivity contribution in [3.05, 3.63) is 52.8 Å². The molecule has 1 amide bonds. The van der Waals surface area contributed by atoms with E-state index in [0.717, 1.165) is 80.1 Å². The number of amides is 1. The van der Waals surface area contributed by atoms with Crippen molar-refractivity contribution >= 4 is 42.1 Å². The van der Waals surface area contributed by atoms with E-state index in [2.05, 4.69) is 30.3 Å². The van der Waals surface area contributed by atoms with E-state index >= 15 is 0 Å². The van der Waals surface area contributed by atoms with Crippen molar-refractivity contribution in [2.75, 3.05) is 39.3 Å². The van der Waals surface area contributed by atoms with E-state index < -0.39 is 8.07 Å². The van der Waals surface area contributed by atoms with Gasteiger partial charge in [-0.3, -0.25) is 14.4 Å². The summed E-state index contributed by atoms with van der Waals surface area (Å²) in [5, 5.41) is 7.65. The molecule has 2 heterocycles. The highest BCUT2D eigenvalue weighted by molar-refractivity contribution is 6.76. The summed E-state index contributed by atoms with van der Waals surface area (Å²) in [5.41, 5.74) is 1.64. The predicted octanol–water partition coefficient (Wildman–Crippen LogP) is 7.30. The number of likely N-dealkylation sites (N-methyl/N-ethyl adjacent to an activating group) is 1. The Kier molecular flexibility index (Phi) is 18.4. The Hall–Kier alpha value is -2.83. The minimum atomic E-state index is -1.27. The highest BCUT2D eigenvalue weighted by Crippen LogP contribution is 2.27. The number of aryl methyl sites for hydroxylation is 1. The number of Topliss-reactive ketones (excluding diaryl/α,β-unsaturated/α-hetero) is 1. The molecule has 1 atom stereocenters. The molecule has 278 valence electrons. The zero-order valence-corrected chi connectivity index (χ0v) is 32.8. The van der Waals surface area contributed by atoms with Crippen LogP contribution in [0.5, 0.6) is 0 Å². The van der Waals surface area contributed by atoms with Crippen LogP contribution in [0.3, 0.4) is 0 Å². The number of carbonyl (C=O) groups is 2. The van der Waals surface area contributed by atoms with Crippen LogP contribution >= 0.6 is 11.6 Å². The molecule has 0 aliphatic rings. The summed E-state index contributed by atoms with van der Waals surface area (Å²) in [6.07, 6.45) is 12.0. The van der Waals surface area contributed by atoms with Gasteiger partial charge in [-0.25, -0.2) is 4.98 Å². The van der Waals surface area contributed by atoms with E-state index in [4.69, 9.17) is 26.1 Å². The summed E-state index contributed by atoms with van der Waals surface area (Å²) >= 11 is 5.72. The lowest BCUT2D eigenvalue weighted by Gasteiger charge is -2.21. The lowest BCUT2D eigenvalue weighted by molar-refractivity contribution is -0.121. The molecule has 0 radical (unpaired) electrons. The monoisotopic (exact) mass is 729 g/mol. The number of hydrogen-bond acceptors (Lipinski definition) is 7. The molecule has 0 spiro atoms. The van der Waals surface area contributed by atoms with Gasteiger partial charge in [-0.05, 0) is 75.2 Å². The SMILES string of the molecule is CCC(=O)CCCCC[C@H](NC(=O)CNC)c1nc(-c2ccc3c(=O)n(CCCCOCCCCCl)ccc3c2)cn1COCC[Si](C)(C)C. The first kappa shape index (κ1) is 41.6. The number of carbonyl (C=O) groups excluding carboxylic acids is 2. The lowest BCUT2D eigenvalue weighted by Crippen LogP contribution is -2.36. The Bertz CT molecular complexity index is 1540. The second kappa shape index (κ2) is 22.2. The highest BCUT2D eigenvalue weighted by atomic mass is 35.5. The number of nitrogens with zero attached hydrogens (tertiary/aromatic N) is 3. The van der Waals surface area contributed by atoms with E-state index in [0.29, 0.717) is 57.0 Å². The summed E-state index contributed by atoms with van der Waals surface area (Å²) in [4.78, 5) is 43.1. The number of hydrogen-bond donors (Lipinski definition) is 2. The summed E-state index contributed by atoms with van der Waals surface area (Å²) in [5.74, 6) is 1.58. The molecule has 12 heteroatoms. The largest absolute Gasteiger partial charge is 0.381 e. The molecule has 1 aromatic carbocycles. The molecule has 0 unspecified atom stereocenters. The quantitative estimate of drug-likeness (QED) is 0.0506. The molecule has 50 heavy (non-hydrogen) atoms. The van der Waals surface area contributed by atoms with E-state index in [1.54, 1.807) is 11.6 Å². The Labute approximate surface area is 304 Å². The summed E-state index contributed by atoms with van der Waals surface area (Å²) in [6.45, 7) is 12.1. The fourth-order valence-corrected chi connectivity index (χ4v) is 6.64. The van der Waals surface area contributed by atoms with Gasteiger partial charge >= 0.3 is 0 Å². The Balaban J connectivity index is 1.82. The summed E-state index contributed by atoms with van der Waals surface area (Å²) in [7, 11) is 0.479. The molecule has 2 aromatic heterocycles. The lowest BCUT2D eigenvalue weighted by atomic mass is 10.0. The van der Waals surface area contributed by atoms with Gasteiger partial charge in [0.1, 0.15) is 18.3 Å². The molecule has 0 aliphatic carbocycles. The molecule has 0 bridgehead atoms. The standard InChI is InChI=1S/C38H60ClN5O5Si/c1-6-32(45)14-8-7-9-15-34(41-36(46)27-40-2)37-42-35(28-44(37)29-49-24-25-50(3,4)5)31-16-17-33-30(26-31)18-21-43(38(33)47)20-11-13-23-48-22-12-10-19-39/h16-18,21,26,28,34,40H,6-15,19-20,22-25,27,29H2,1-5H3,(H,41,46)/t34-/m0/s1. The number of pyridine rings is 1. The minimum absolute atomic E-state index is 0.00737. The van der Waals surface area contributed by atoms with Gasteiger partial charge in [0.25, 0.3) is 5.56 Å². The first-order valence-electron chi connectivity index (χ1n) is 18.4. The zero-order valence-electron chi connectivity index (χ0n) is 31.0. The van der Waals surface area contributed by atoms with Crippen LogP contribution in [0, 0.1) is 0 Å². The average Bonchev–Trinajstić information content (AvgIpc) is 3.51. The number of imidazole rings is 1. The molecule has 0 aliphatic heterocycles. The maximum absolute atomic E-state index is 13.4. The Morgan fingerprint density at radius 2 is 1.74 bits per heavy atom. The maximum Gasteiger partial charge on any atom is 0.258 e. The number of rotatable bonds is 26. The molecule has 0 fully saturated rings. The van der Waals surface area contributed by atoms with Gasteiger partial charge in [-0.2, -0.15) is 0 Å². The third-order valence-corrected chi connectivity index (χ3v) is 10.7. The first-order valence-corrected chi connectivity index (χ1v) is 22.7. The van der Waals surface area contributed by atoms with Crippen LogP contribution in [-0.2, 0) is 32.3 Å². The fraction of sp³-hybridized carbons (Fsp3) is 0.632. The van der Waals surface area contributed by atoms with Crippen LogP contribution in [0.2, 0.25) is 25.7 Å². The predicted molar refractivity (Wildman–Crippen MR) is 207 cm³/mol. The van der Waals surface area contributed by atoms with Gasteiger partial charge in [-0.15, -0.1) is 11.6 Å². The summed E-state index contributed by atoms with van der Waals surface area (Å²) in [6, 6.07) is 8.56. The highest BCUT2D eigenvalue weighted by Gasteiger charge is 2.22. The van der Waals surface area contributed by atoms with Crippen molar-refractivity contribution in [3.63, 3.8) is 0 Å². The number of aromatic nitrogens is 3. The average molecular weight is 730 g/mol. The van der Waals surface area contributed by atoms with E-state index in [1.165, 1.54) is 0 Å². The number of unbranched alkanes of at least 4 members (excludes halogenated alkanes) is 4. The van der Waals surface area contributed by atoms with Gasteiger partial charge in [0.2, 0.25) is 5.91 Å². The Morgan fingerprint density at radius 1 is 0.960 bits per heavy atom.